The number of piperidine rings is 1. The highest BCUT2D eigenvalue weighted by molar-refractivity contribution is 7.89. The highest BCUT2D eigenvalue weighted by Crippen LogP contribution is 2.29. The van der Waals surface area contributed by atoms with Gasteiger partial charge in [-0.2, -0.15) is 0 Å². The average molecular weight is 501 g/mol. The summed E-state index contributed by atoms with van der Waals surface area (Å²) >= 11 is 5.93. The van der Waals surface area contributed by atoms with Gasteiger partial charge in [0.05, 0.1) is 4.90 Å². The smallest absolute Gasteiger partial charge is 0.240 e. The molecular weight excluding hydrogens is 472 g/mol. The lowest BCUT2D eigenvalue weighted by Crippen LogP contribution is -2.47. The quantitative estimate of drug-likeness (QED) is 0.460. The van der Waals surface area contributed by atoms with Crippen LogP contribution in [0.2, 0.25) is 5.02 Å². The Hall–Kier alpha value is -2.42. The Balaban J connectivity index is 1.25. The van der Waals surface area contributed by atoms with Crippen molar-refractivity contribution in [3.05, 3.63) is 83.9 Å². The van der Waals surface area contributed by atoms with Gasteiger partial charge in [-0.1, -0.05) is 66.2 Å². The molecule has 0 bridgehead atoms. The molecule has 4 rings (SSSR count). The fourth-order valence-electron chi connectivity index (χ4n) is 4.14. The van der Waals surface area contributed by atoms with Crippen molar-refractivity contribution in [2.45, 2.75) is 29.9 Å². The zero-order valence-corrected chi connectivity index (χ0v) is 20.4. The zero-order valence-electron chi connectivity index (χ0n) is 18.8. The number of likely N-dealkylation sites (tertiary alicyclic amines) is 1. The molecule has 6 nitrogen and oxygen atoms in total. The Kier molecular flexibility index (Phi) is 8.24. The highest BCUT2D eigenvalue weighted by atomic mass is 35.5. The summed E-state index contributed by atoms with van der Waals surface area (Å²) < 4.78 is 34.0. The molecule has 0 aromatic heterocycles. The van der Waals surface area contributed by atoms with Crippen molar-refractivity contribution < 1.29 is 18.3 Å². The number of para-hydroxylation sites is 1. The average Bonchev–Trinajstić information content (AvgIpc) is 2.84. The molecule has 1 aliphatic rings. The summed E-state index contributed by atoms with van der Waals surface area (Å²) in [6.45, 7) is 2.05. The standard InChI is InChI=1S/C26H29ClN2O4S/c27-21-9-6-10-24(17-21)34(31,32)28-22-13-15-29(16-14-22)18-23(30)19-33-26-12-5-4-11-25(26)20-7-2-1-3-8-20/h1-12,17,22-23,28,30H,13-16,18-19H2. The lowest BCUT2D eigenvalue weighted by Gasteiger charge is -2.33. The summed E-state index contributed by atoms with van der Waals surface area (Å²) in [4.78, 5) is 2.31. The number of hydrogen-bond acceptors (Lipinski definition) is 5. The molecule has 180 valence electrons. The maximum atomic E-state index is 12.6. The van der Waals surface area contributed by atoms with Gasteiger partial charge in [-0.15, -0.1) is 0 Å². The molecular formula is C26H29ClN2O4S. The van der Waals surface area contributed by atoms with E-state index in [0.29, 0.717) is 37.5 Å². The summed E-state index contributed by atoms with van der Waals surface area (Å²) in [5, 5.41) is 10.9. The Morgan fingerprint density at radius 3 is 2.44 bits per heavy atom. The van der Waals surface area contributed by atoms with Gasteiger partial charge in [-0.25, -0.2) is 13.1 Å². The molecule has 3 aromatic carbocycles. The minimum atomic E-state index is -3.61. The summed E-state index contributed by atoms with van der Waals surface area (Å²) in [5.74, 6) is 0.738. The molecule has 3 aromatic rings. The summed E-state index contributed by atoms with van der Waals surface area (Å²) in [6.07, 6.45) is 0.692. The maximum Gasteiger partial charge on any atom is 0.240 e. The lowest BCUT2D eigenvalue weighted by molar-refractivity contribution is 0.0591. The predicted molar refractivity (Wildman–Crippen MR) is 135 cm³/mol. The molecule has 2 N–H and O–H groups in total. The van der Waals surface area contributed by atoms with Crippen molar-refractivity contribution in [3.8, 4) is 16.9 Å². The van der Waals surface area contributed by atoms with Crippen molar-refractivity contribution >= 4 is 21.6 Å². The molecule has 0 radical (unpaired) electrons. The van der Waals surface area contributed by atoms with Gasteiger partial charge in [0.15, 0.2) is 0 Å². The fourth-order valence-corrected chi connectivity index (χ4v) is 5.75. The van der Waals surface area contributed by atoms with Crippen molar-refractivity contribution in [1.82, 2.24) is 9.62 Å². The van der Waals surface area contributed by atoms with Gasteiger partial charge in [-0.3, -0.25) is 0 Å². The molecule has 1 heterocycles. The van der Waals surface area contributed by atoms with E-state index in [0.717, 1.165) is 16.9 Å². The molecule has 0 amide bonds. The molecule has 1 saturated heterocycles. The van der Waals surface area contributed by atoms with Crippen LogP contribution in [-0.4, -0.2) is 56.8 Å². The third kappa shape index (κ3) is 6.58. The van der Waals surface area contributed by atoms with Crippen LogP contribution in [0.3, 0.4) is 0 Å². The third-order valence-electron chi connectivity index (χ3n) is 5.89. The van der Waals surface area contributed by atoms with Crippen LogP contribution < -0.4 is 9.46 Å². The Morgan fingerprint density at radius 2 is 1.71 bits per heavy atom. The first-order chi connectivity index (χ1) is 16.4. The van der Waals surface area contributed by atoms with E-state index < -0.39 is 16.1 Å². The SMILES string of the molecule is O=S(=O)(NC1CCN(CC(O)COc2ccccc2-c2ccccc2)CC1)c1cccc(Cl)c1. The summed E-state index contributed by atoms with van der Waals surface area (Å²) in [5.41, 5.74) is 2.05. The number of halogens is 1. The van der Waals surface area contributed by atoms with Crippen molar-refractivity contribution in [2.75, 3.05) is 26.2 Å². The number of hydrogen-bond donors (Lipinski definition) is 2. The summed E-state index contributed by atoms with van der Waals surface area (Å²) in [6, 6.07) is 23.9. The zero-order chi connectivity index (χ0) is 24.0. The molecule has 0 spiro atoms. The van der Waals surface area contributed by atoms with Crippen LogP contribution in [0.25, 0.3) is 11.1 Å². The molecule has 1 fully saturated rings. The van der Waals surface area contributed by atoms with Crippen LogP contribution >= 0.6 is 11.6 Å². The van der Waals surface area contributed by atoms with Crippen LogP contribution in [-0.2, 0) is 10.0 Å². The van der Waals surface area contributed by atoms with Crippen LogP contribution in [0.5, 0.6) is 5.75 Å². The van der Waals surface area contributed by atoms with Crippen molar-refractivity contribution in [2.24, 2.45) is 0 Å². The van der Waals surface area contributed by atoms with E-state index in [1.165, 1.54) is 12.1 Å². The molecule has 1 unspecified atom stereocenters. The molecule has 8 heteroatoms. The maximum absolute atomic E-state index is 12.6. The molecule has 1 aliphatic heterocycles. The number of nitrogens with zero attached hydrogens (tertiary/aromatic N) is 1. The van der Waals surface area contributed by atoms with Crippen molar-refractivity contribution in [3.63, 3.8) is 0 Å². The van der Waals surface area contributed by atoms with Gasteiger partial charge in [0.1, 0.15) is 18.5 Å². The number of benzene rings is 3. The normalized spacial score (nSPS) is 16.3. The van der Waals surface area contributed by atoms with E-state index in [4.69, 9.17) is 16.3 Å². The lowest BCUT2D eigenvalue weighted by atomic mass is 10.0. The molecule has 1 atom stereocenters. The van der Waals surface area contributed by atoms with Crippen LogP contribution in [0.1, 0.15) is 12.8 Å². The predicted octanol–water partition coefficient (Wildman–Crippen LogP) is 4.19. The molecule has 0 saturated carbocycles. The van der Waals surface area contributed by atoms with Crippen LogP contribution in [0, 0.1) is 0 Å². The minimum absolute atomic E-state index is 0.147. The van der Waals surface area contributed by atoms with Crippen molar-refractivity contribution in [1.29, 1.82) is 0 Å². The number of β-amino-alcohol motifs (C(OH)–C–C–N with tert-alkyl or cyclic N) is 1. The monoisotopic (exact) mass is 500 g/mol. The van der Waals surface area contributed by atoms with Gasteiger partial charge in [0, 0.05) is 23.2 Å². The topological polar surface area (TPSA) is 78.9 Å². The van der Waals surface area contributed by atoms with E-state index in [9.17, 15) is 13.5 Å². The van der Waals surface area contributed by atoms with E-state index in [-0.39, 0.29) is 17.5 Å². The Bertz CT molecular complexity index is 1180. The number of sulfonamides is 1. The number of aliphatic hydroxyl groups excluding tert-OH is 1. The molecule has 0 aliphatic carbocycles. The van der Waals surface area contributed by atoms with Gasteiger partial charge in [-0.05, 0) is 55.8 Å². The first-order valence-electron chi connectivity index (χ1n) is 11.4. The van der Waals surface area contributed by atoms with Gasteiger partial charge in [0.25, 0.3) is 0 Å². The van der Waals surface area contributed by atoms with E-state index >= 15 is 0 Å². The largest absolute Gasteiger partial charge is 0.490 e. The van der Waals surface area contributed by atoms with E-state index in [1.807, 2.05) is 54.6 Å². The Morgan fingerprint density at radius 1 is 1.00 bits per heavy atom. The number of nitrogens with one attached hydrogen (secondary N) is 1. The number of rotatable bonds is 9. The second-order valence-corrected chi connectivity index (χ2v) is 10.6. The Labute approximate surface area is 206 Å². The summed E-state index contributed by atoms with van der Waals surface area (Å²) in [7, 11) is -3.61. The van der Waals surface area contributed by atoms with E-state index in [2.05, 4.69) is 9.62 Å². The highest BCUT2D eigenvalue weighted by Gasteiger charge is 2.26. The second-order valence-electron chi connectivity index (χ2n) is 8.48. The van der Waals surface area contributed by atoms with Gasteiger partial charge in [0.2, 0.25) is 10.0 Å². The molecule has 34 heavy (non-hydrogen) atoms. The third-order valence-corrected chi connectivity index (χ3v) is 7.64. The van der Waals surface area contributed by atoms with Crippen LogP contribution in [0.15, 0.2) is 83.8 Å². The number of ether oxygens (including phenoxy) is 1. The first kappa shape index (κ1) is 24.7. The van der Waals surface area contributed by atoms with E-state index in [1.54, 1.807) is 12.1 Å². The van der Waals surface area contributed by atoms with Gasteiger partial charge >= 0.3 is 0 Å². The first-order valence-corrected chi connectivity index (χ1v) is 13.2. The second kappa shape index (κ2) is 11.3. The number of aliphatic hydroxyl groups is 1. The fraction of sp³-hybridized carbons (Fsp3) is 0.308. The minimum Gasteiger partial charge on any atom is -0.490 e. The van der Waals surface area contributed by atoms with Crippen LogP contribution in [0.4, 0.5) is 0 Å². The van der Waals surface area contributed by atoms with Gasteiger partial charge < -0.3 is 14.7 Å².